The van der Waals surface area contributed by atoms with Crippen molar-refractivity contribution in [3.63, 3.8) is 0 Å². The topological polar surface area (TPSA) is 66.5 Å². The van der Waals surface area contributed by atoms with Gasteiger partial charge in [-0.15, -0.1) is 0 Å². The summed E-state index contributed by atoms with van der Waals surface area (Å²) in [4.78, 5) is 12.1. The van der Waals surface area contributed by atoms with Crippen LogP contribution in [-0.4, -0.2) is 31.7 Å². The zero-order chi connectivity index (χ0) is 21.1. The van der Waals surface area contributed by atoms with Gasteiger partial charge in [0.15, 0.2) is 0 Å². The van der Waals surface area contributed by atoms with Crippen LogP contribution in [0, 0.1) is 5.82 Å². The van der Waals surface area contributed by atoms with Gasteiger partial charge >= 0.3 is 6.18 Å². The molecule has 0 spiro atoms. The molecule has 0 atom stereocenters. The van der Waals surface area contributed by atoms with E-state index in [2.05, 4.69) is 5.32 Å². The predicted octanol–water partition coefficient (Wildman–Crippen LogP) is 4.13. The molecule has 5 nitrogen and oxygen atoms in total. The highest BCUT2D eigenvalue weighted by Crippen LogP contribution is 2.31. The number of nitrogens with one attached hydrogen (secondary N) is 1. The molecule has 28 heavy (non-hydrogen) atoms. The lowest BCUT2D eigenvalue weighted by atomic mass is 10.1. The highest BCUT2D eigenvalue weighted by molar-refractivity contribution is 7.89. The Hall–Kier alpha value is -2.46. The zero-order valence-corrected chi connectivity index (χ0v) is 15.9. The Bertz CT molecular complexity index is 971. The number of amides is 1. The first kappa shape index (κ1) is 21.8. The van der Waals surface area contributed by atoms with E-state index < -0.39 is 39.1 Å². The number of alkyl halides is 3. The van der Waals surface area contributed by atoms with Gasteiger partial charge in [0.05, 0.1) is 16.0 Å². The molecule has 2 aromatic carbocycles. The van der Waals surface area contributed by atoms with Crippen molar-refractivity contribution in [1.29, 1.82) is 0 Å². The van der Waals surface area contributed by atoms with Crippen molar-refractivity contribution in [2.45, 2.75) is 24.9 Å². The van der Waals surface area contributed by atoms with Gasteiger partial charge in [-0.2, -0.15) is 17.5 Å². The van der Waals surface area contributed by atoms with Crippen molar-refractivity contribution in [2.24, 2.45) is 0 Å². The normalized spacial score (nSPS) is 12.2. The summed E-state index contributed by atoms with van der Waals surface area (Å²) in [6.07, 6.45) is -4.61. The summed E-state index contributed by atoms with van der Waals surface area (Å²) in [5.41, 5.74) is -1.77. The van der Waals surface area contributed by atoms with Crippen LogP contribution in [0.15, 0.2) is 47.4 Å². The molecule has 0 aliphatic heterocycles. The third-order valence-electron chi connectivity index (χ3n) is 3.97. The number of hydrogen-bond donors (Lipinski definition) is 1. The first-order valence-corrected chi connectivity index (χ1v) is 9.73. The molecule has 10 heteroatoms. The Morgan fingerprint density at radius 3 is 2.29 bits per heavy atom. The summed E-state index contributed by atoms with van der Waals surface area (Å²) in [5, 5.41) is 2.16. The average Bonchev–Trinajstić information content (AvgIpc) is 2.62. The van der Waals surface area contributed by atoms with Gasteiger partial charge < -0.3 is 5.32 Å². The number of nitrogens with zero attached hydrogens (tertiary/aromatic N) is 1. The number of halogens is 4. The number of carbonyl (C=O) groups excluding carboxylic acids is 1. The second-order valence-electron chi connectivity index (χ2n) is 5.76. The standard InChI is InChI=1S/C18H18F4N2O3S/c1-3-24(4-2)28(26,27)14-8-9-16(19)15(11-14)17(25)23-13-7-5-6-12(10-13)18(20,21)22/h5-11H,3-4H2,1-2H3,(H,23,25). The van der Waals surface area contributed by atoms with Gasteiger partial charge in [0.2, 0.25) is 10.0 Å². The minimum Gasteiger partial charge on any atom is -0.322 e. The van der Waals surface area contributed by atoms with Crippen LogP contribution in [0.25, 0.3) is 0 Å². The molecule has 0 aliphatic rings. The molecule has 0 aliphatic carbocycles. The third kappa shape index (κ3) is 4.68. The van der Waals surface area contributed by atoms with Crippen molar-refractivity contribution < 1.29 is 30.8 Å². The van der Waals surface area contributed by atoms with Crippen molar-refractivity contribution in [3.05, 3.63) is 59.4 Å². The maximum atomic E-state index is 14.1. The van der Waals surface area contributed by atoms with E-state index in [-0.39, 0.29) is 23.7 Å². The minimum absolute atomic E-state index is 0.183. The molecule has 0 aromatic heterocycles. The van der Waals surface area contributed by atoms with Crippen LogP contribution in [0.2, 0.25) is 0 Å². The van der Waals surface area contributed by atoms with E-state index in [0.29, 0.717) is 6.07 Å². The smallest absolute Gasteiger partial charge is 0.322 e. The van der Waals surface area contributed by atoms with E-state index in [4.69, 9.17) is 0 Å². The van der Waals surface area contributed by atoms with Gasteiger partial charge in [0, 0.05) is 18.8 Å². The first-order chi connectivity index (χ1) is 13.0. The van der Waals surface area contributed by atoms with Crippen molar-refractivity contribution >= 4 is 21.6 Å². The van der Waals surface area contributed by atoms with Crippen LogP contribution in [0.3, 0.4) is 0 Å². The Balaban J connectivity index is 2.37. The Labute approximate surface area is 160 Å². The van der Waals surface area contributed by atoms with Crippen molar-refractivity contribution in [1.82, 2.24) is 4.31 Å². The van der Waals surface area contributed by atoms with Gasteiger partial charge in [-0.1, -0.05) is 19.9 Å². The van der Waals surface area contributed by atoms with E-state index in [0.717, 1.165) is 34.6 Å². The predicted molar refractivity (Wildman–Crippen MR) is 95.9 cm³/mol. The first-order valence-electron chi connectivity index (χ1n) is 8.29. The summed E-state index contributed by atoms with van der Waals surface area (Å²) in [7, 11) is -3.94. The van der Waals surface area contributed by atoms with E-state index in [1.807, 2.05) is 0 Å². The average molecular weight is 418 g/mol. The molecular weight excluding hydrogens is 400 g/mol. The maximum Gasteiger partial charge on any atom is 0.416 e. The third-order valence-corrected chi connectivity index (χ3v) is 6.02. The molecule has 0 saturated carbocycles. The zero-order valence-electron chi connectivity index (χ0n) is 15.0. The lowest BCUT2D eigenvalue weighted by Crippen LogP contribution is -2.31. The molecule has 0 bridgehead atoms. The number of hydrogen-bond acceptors (Lipinski definition) is 3. The number of carbonyl (C=O) groups is 1. The van der Waals surface area contributed by atoms with Crippen LogP contribution in [-0.2, 0) is 16.2 Å². The van der Waals surface area contributed by atoms with Crippen LogP contribution in [0.5, 0.6) is 0 Å². The fraction of sp³-hybridized carbons (Fsp3) is 0.278. The summed E-state index contributed by atoms with van der Waals surface area (Å²) in [6.45, 7) is 3.63. The quantitative estimate of drug-likeness (QED) is 0.718. The second-order valence-corrected chi connectivity index (χ2v) is 7.70. The largest absolute Gasteiger partial charge is 0.416 e. The molecule has 0 saturated heterocycles. The highest BCUT2D eigenvalue weighted by Gasteiger charge is 2.30. The number of rotatable bonds is 6. The molecular formula is C18H18F4N2O3S. The summed E-state index contributed by atoms with van der Waals surface area (Å²) < 4.78 is 78.6. The SMILES string of the molecule is CCN(CC)S(=O)(=O)c1ccc(F)c(C(=O)Nc2cccc(C(F)(F)F)c2)c1. The van der Waals surface area contributed by atoms with Crippen LogP contribution < -0.4 is 5.32 Å². The van der Waals surface area contributed by atoms with Gasteiger partial charge in [-0.3, -0.25) is 4.79 Å². The molecule has 0 fully saturated rings. The van der Waals surface area contributed by atoms with E-state index >= 15 is 0 Å². The van der Waals surface area contributed by atoms with Crippen LogP contribution in [0.1, 0.15) is 29.8 Å². The Morgan fingerprint density at radius 1 is 1.07 bits per heavy atom. The number of anilines is 1. The molecule has 2 rings (SSSR count). The molecule has 0 radical (unpaired) electrons. The molecule has 1 amide bonds. The van der Waals surface area contributed by atoms with E-state index in [1.165, 1.54) is 6.07 Å². The second kappa shape index (κ2) is 8.27. The molecule has 1 N–H and O–H groups in total. The summed E-state index contributed by atoms with van der Waals surface area (Å²) in [6, 6.07) is 6.56. The fourth-order valence-electron chi connectivity index (χ4n) is 2.52. The molecule has 152 valence electrons. The van der Waals surface area contributed by atoms with Gasteiger partial charge in [0.1, 0.15) is 5.82 Å². The molecule has 0 heterocycles. The summed E-state index contributed by atoms with van der Waals surface area (Å²) >= 11 is 0. The monoisotopic (exact) mass is 418 g/mol. The van der Waals surface area contributed by atoms with Gasteiger partial charge in [-0.25, -0.2) is 12.8 Å². The molecule has 0 unspecified atom stereocenters. The van der Waals surface area contributed by atoms with Crippen LogP contribution in [0.4, 0.5) is 23.2 Å². The van der Waals surface area contributed by atoms with E-state index in [9.17, 15) is 30.8 Å². The van der Waals surface area contributed by atoms with Gasteiger partial charge in [0.25, 0.3) is 5.91 Å². The lowest BCUT2D eigenvalue weighted by Gasteiger charge is -2.19. The van der Waals surface area contributed by atoms with E-state index in [1.54, 1.807) is 13.8 Å². The van der Waals surface area contributed by atoms with Gasteiger partial charge in [-0.05, 0) is 36.4 Å². The fourth-order valence-corrected chi connectivity index (χ4v) is 4.01. The van der Waals surface area contributed by atoms with Crippen LogP contribution >= 0.6 is 0 Å². The van der Waals surface area contributed by atoms with Crippen molar-refractivity contribution in [3.8, 4) is 0 Å². The number of sulfonamides is 1. The lowest BCUT2D eigenvalue weighted by molar-refractivity contribution is -0.137. The van der Waals surface area contributed by atoms with Crippen molar-refractivity contribution in [2.75, 3.05) is 18.4 Å². The highest BCUT2D eigenvalue weighted by atomic mass is 32.2. The number of benzene rings is 2. The summed E-state index contributed by atoms with van der Waals surface area (Å²) in [5.74, 6) is -2.06. The Morgan fingerprint density at radius 2 is 1.71 bits per heavy atom. The maximum absolute atomic E-state index is 14.1. The molecule has 2 aromatic rings. The Kier molecular flexibility index (Phi) is 6.45. The minimum atomic E-state index is -4.61.